The van der Waals surface area contributed by atoms with E-state index in [-0.39, 0.29) is 0 Å². The SMILES string of the molecule is Cc1ccc2ccccc2c1CNN. The first-order chi connectivity index (χ1) is 6.83. The molecule has 0 aliphatic carbocycles. The van der Waals surface area contributed by atoms with Crippen molar-refractivity contribution in [3.63, 3.8) is 0 Å². The molecule has 0 aliphatic rings. The average Bonchev–Trinajstić information content (AvgIpc) is 2.23. The topological polar surface area (TPSA) is 38.0 Å². The third-order valence-electron chi connectivity index (χ3n) is 2.55. The third kappa shape index (κ3) is 1.50. The van der Waals surface area contributed by atoms with Gasteiger partial charge in [0.15, 0.2) is 0 Å². The monoisotopic (exact) mass is 186 g/mol. The van der Waals surface area contributed by atoms with E-state index in [0.29, 0.717) is 6.54 Å². The van der Waals surface area contributed by atoms with E-state index in [1.807, 2.05) is 0 Å². The van der Waals surface area contributed by atoms with Gasteiger partial charge >= 0.3 is 0 Å². The normalized spacial score (nSPS) is 10.7. The van der Waals surface area contributed by atoms with E-state index in [9.17, 15) is 0 Å². The van der Waals surface area contributed by atoms with E-state index in [0.717, 1.165) is 0 Å². The van der Waals surface area contributed by atoms with Crippen molar-refractivity contribution in [1.82, 2.24) is 5.43 Å². The first kappa shape index (κ1) is 9.19. The van der Waals surface area contributed by atoms with Gasteiger partial charge in [-0.25, -0.2) is 0 Å². The fourth-order valence-electron chi connectivity index (χ4n) is 1.78. The zero-order chi connectivity index (χ0) is 9.97. The highest BCUT2D eigenvalue weighted by atomic mass is 15.2. The molecule has 3 N–H and O–H groups in total. The largest absolute Gasteiger partial charge is 0.271 e. The Balaban J connectivity index is 2.69. The summed E-state index contributed by atoms with van der Waals surface area (Å²) in [7, 11) is 0. The van der Waals surface area contributed by atoms with Gasteiger partial charge in [0.25, 0.3) is 0 Å². The number of hydrazine groups is 1. The summed E-state index contributed by atoms with van der Waals surface area (Å²) in [5.41, 5.74) is 5.28. The van der Waals surface area contributed by atoms with Crippen LogP contribution in [0.25, 0.3) is 10.8 Å². The molecular formula is C12H14N2. The molecule has 0 heterocycles. The zero-order valence-corrected chi connectivity index (χ0v) is 8.25. The smallest absolute Gasteiger partial charge is 0.0357 e. The van der Waals surface area contributed by atoms with E-state index >= 15 is 0 Å². The summed E-state index contributed by atoms with van der Waals surface area (Å²) in [5.74, 6) is 5.37. The van der Waals surface area contributed by atoms with Crippen LogP contribution >= 0.6 is 0 Å². The summed E-state index contributed by atoms with van der Waals surface area (Å²) in [4.78, 5) is 0. The van der Waals surface area contributed by atoms with Crippen molar-refractivity contribution in [3.05, 3.63) is 47.5 Å². The molecule has 14 heavy (non-hydrogen) atoms. The lowest BCUT2D eigenvalue weighted by atomic mass is 10.00. The number of rotatable bonds is 2. The lowest BCUT2D eigenvalue weighted by molar-refractivity contribution is 0.742. The van der Waals surface area contributed by atoms with Crippen LogP contribution in [0.15, 0.2) is 36.4 Å². The molecule has 0 amide bonds. The number of hydrogen-bond donors (Lipinski definition) is 2. The Morgan fingerprint density at radius 3 is 2.71 bits per heavy atom. The molecule has 0 saturated heterocycles. The van der Waals surface area contributed by atoms with E-state index in [4.69, 9.17) is 5.84 Å². The molecule has 0 spiro atoms. The lowest BCUT2D eigenvalue weighted by Gasteiger charge is -2.09. The first-order valence-electron chi connectivity index (χ1n) is 4.73. The predicted octanol–water partition coefficient (Wildman–Crippen LogP) is 2.11. The highest BCUT2D eigenvalue weighted by Crippen LogP contribution is 2.21. The lowest BCUT2D eigenvalue weighted by Crippen LogP contribution is -2.21. The van der Waals surface area contributed by atoms with E-state index in [2.05, 4.69) is 48.7 Å². The van der Waals surface area contributed by atoms with Gasteiger partial charge in [-0.3, -0.25) is 11.3 Å². The highest BCUT2D eigenvalue weighted by molar-refractivity contribution is 5.86. The molecule has 0 atom stereocenters. The van der Waals surface area contributed by atoms with Crippen LogP contribution in [0.1, 0.15) is 11.1 Å². The summed E-state index contributed by atoms with van der Waals surface area (Å²) in [6, 6.07) is 12.6. The number of nitrogens with two attached hydrogens (primary N) is 1. The number of hydrogen-bond acceptors (Lipinski definition) is 2. The number of nitrogens with one attached hydrogen (secondary N) is 1. The summed E-state index contributed by atoms with van der Waals surface area (Å²) >= 11 is 0. The number of benzene rings is 2. The van der Waals surface area contributed by atoms with Crippen LogP contribution in [0.2, 0.25) is 0 Å². The summed E-state index contributed by atoms with van der Waals surface area (Å²) < 4.78 is 0. The highest BCUT2D eigenvalue weighted by Gasteiger charge is 2.02. The van der Waals surface area contributed by atoms with Gasteiger partial charge in [0.05, 0.1) is 0 Å². The van der Waals surface area contributed by atoms with Crippen molar-refractivity contribution in [1.29, 1.82) is 0 Å². The van der Waals surface area contributed by atoms with Gasteiger partial charge < -0.3 is 0 Å². The third-order valence-corrected chi connectivity index (χ3v) is 2.55. The molecule has 2 rings (SSSR count). The van der Waals surface area contributed by atoms with Gasteiger partial charge in [0.1, 0.15) is 0 Å². The van der Waals surface area contributed by atoms with Crippen LogP contribution in [-0.4, -0.2) is 0 Å². The van der Waals surface area contributed by atoms with Crippen molar-refractivity contribution < 1.29 is 0 Å². The summed E-state index contributed by atoms with van der Waals surface area (Å²) in [5, 5.41) is 2.55. The molecule has 2 aromatic carbocycles. The van der Waals surface area contributed by atoms with Crippen LogP contribution in [0, 0.1) is 6.92 Å². The molecule has 0 fully saturated rings. The Kier molecular flexibility index (Phi) is 2.48. The van der Waals surface area contributed by atoms with Crippen molar-refractivity contribution >= 4 is 10.8 Å². The summed E-state index contributed by atoms with van der Waals surface area (Å²) in [6.07, 6.45) is 0. The Morgan fingerprint density at radius 1 is 1.14 bits per heavy atom. The maximum absolute atomic E-state index is 5.37. The quantitative estimate of drug-likeness (QED) is 0.557. The molecule has 0 bridgehead atoms. The van der Waals surface area contributed by atoms with E-state index in [1.54, 1.807) is 0 Å². The molecule has 0 aliphatic heterocycles. The second-order valence-corrected chi connectivity index (χ2v) is 3.46. The fraction of sp³-hybridized carbons (Fsp3) is 0.167. The van der Waals surface area contributed by atoms with E-state index in [1.165, 1.54) is 21.9 Å². The van der Waals surface area contributed by atoms with Gasteiger partial charge in [-0.2, -0.15) is 0 Å². The Bertz CT molecular complexity index is 449. The molecule has 2 heteroatoms. The molecule has 0 saturated carbocycles. The van der Waals surface area contributed by atoms with Gasteiger partial charge in [0, 0.05) is 6.54 Å². The molecule has 2 aromatic rings. The van der Waals surface area contributed by atoms with Crippen molar-refractivity contribution in [2.45, 2.75) is 13.5 Å². The molecular weight excluding hydrogens is 172 g/mol. The van der Waals surface area contributed by atoms with Crippen LogP contribution in [0.3, 0.4) is 0 Å². The minimum atomic E-state index is 0.715. The molecule has 0 unspecified atom stereocenters. The van der Waals surface area contributed by atoms with Gasteiger partial charge in [-0.05, 0) is 28.8 Å². The minimum absolute atomic E-state index is 0.715. The molecule has 0 radical (unpaired) electrons. The number of aryl methyl sites for hydroxylation is 1. The van der Waals surface area contributed by atoms with Crippen LogP contribution in [0.5, 0.6) is 0 Å². The average molecular weight is 186 g/mol. The first-order valence-corrected chi connectivity index (χ1v) is 4.73. The Hall–Kier alpha value is -1.38. The maximum Gasteiger partial charge on any atom is 0.0357 e. The van der Waals surface area contributed by atoms with Gasteiger partial charge in [-0.15, -0.1) is 0 Å². The molecule has 2 nitrogen and oxygen atoms in total. The maximum atomic E-state index is 5.37. The molecule has 72 valence electrons. The minimum Gasteiger partial charge on any atom is -0.271 e. The van der Waals surface area contributed by atoms with Crippen LogP contribution in [0.4, 0.5) is 0 Å². The number of fused-ring (bicyclic) bond motifs is 1. The van der Waals surface area contributed by atoms with Crippen LogP contribution < -0.4 is 11.3 Å². The Morgan fingerprint density at radius 2 is 1.93 bits per heavy atom. The zero-order valence-electron chi connectivity index (χ0n) is 8.25. The van der Waals surface area contributed by atoms with E-state index < -0.39 is 0 Å². The fourth-order valence-corrected chi connectivity index (χ4v) is 1.78. The standard InChI is InChI=1S/C12H14N2/c1-9-6-7-10-4-2-3-5-11(10)12(9)8-14-13/h2-7,14H,8,13H2,1H3. The van der Waals surface area contributed by atoms with Gasteiger partial charge in [0.2, 0.25) is 0 Å². The van der Waals surface area contributed by atoms with Crippen molar-refractivity contribution in [2.75, 3.05) is 0 Å². The second kappa shape index (κ2) is 3.78. The molecule has 0 aromatic heterocycles. The van der Waals surface area contributed by atoms with Crippen LogP contribution in [-0.2, 0) is 6.54 Å². The Labute approximate surface area is 83.7 Å². The second-order valence-electron chi connectivity index (χ2n) is 3.46. The predicted molar refractivity (Wildman–Crippen MR) is 59.7 cm³/mol. The van der Waals surface area contributed by atoms with Gasteiger partial charge in [-0.1, -0.05) is 36.4 Å². The summed E-state index contributed by atoms with van der Waals surface area (Å²) in [6.45, 7) is 2.83. The van der Waals surface area contributed by atoms with Crippen molar-refractivity contribution in [3.8, 4) is 0 Å². The van der Waals surface area contributed by atoms with Crippen molar-refractivity contribution in [2.24, 2.45) is 5.84 Å².